The van der Waals surface area contributed by atoms with Gasteiger partial charge < -0.3 is 0 Å². The summed E-state index contributed by atoms with van der Waals surface area (Å²) in [5.74, 6) is 0. The van der Waals surface area contributed by atoms with E-state index in [1.807, 2.05) is 19.9 Å². The Bertz CT molecular complexity index is 506. The fourth-order valence-corrected chi connectivity index (χ4v) is 1.84. The minimum atomic E-state index is 0. The zero-order valence-electron chi connectivity index (χ0n) is 8.97. The van der Waals surface area contributed by atoms with E-state index in [2.05, 4.69) is 24.0 Å². The van der Waals surface area contributed by atoms with Gasteiger partial charge in [0.05, 0.1) is 10.5 Å². The Hall–Kier alpha value is -0.790. The third kappa shape index (κ3) is 2.09. The van der Waals surface area contributed by atoms with Gasteiger partial charge in [-0.3, -0.25) is 4.98 Å². The largest absolute Gasteiger partial charge is 0.253 e. The van der Waals surface area contributed by atoms with Crippen molar-refractivity contribution in [2.45, 2.75) is 20.8 Å². The molecule has 0 saturated carbocycles. The van der Waals surface area contributed by atoms with Crippen molar-refractivity contribution in [3.8, 4) is 0 Å². The monoisotopic (exact) mass is 241 g/mol. The molecule has 0 aliphatic rings. The zero-order chi connectivity index (χ0) is 10.3. The van der Waals surface area contributed by atoms with Gasteiger partial charge in [0.15, 0.2) is 0 Å². The van der Waals surface area contributed by atoms with Gasteiger partial charge in [-0.15, -0.1) is 12.4 Å². The van der Waals surface area contributed by atoms with Gasteiger partial charge in [0, 0.05) is 11.1 Å². The van der Waals surface area contributed by atoms with Gasteiger partial charge in [0.1, 0.15) is 0 Å². The molecule has 1 aromatic carbocycles. The van der Waals surface area contributed by atoms with Crippen LogP contribution in [0.4, 0.5) is 0 Å². The third-order valence-electron chi connectivity index (χ3n) is 2.55. The van der Waals surface area contributed by atoms with Crippen molar-refractivity contribution >= 4 is 34.9 Å². The van der Waals surface area contributed by atoms with Crippen LogP contribution in [0.5, 0.6) is 0 Å². The summed E-state index contributed by atoms with van der Waals surface area (Å²) < 4.78 is 0. The molecule has 0 saturated heterocycles. The van der Waals surface area contributed by atoms with Crippen LogP contribution in [0.1, 0.15) is 16.8 Å². The van der Waals surface area contributed by atoms with Crippen LogP contribution in [0.25, 0.3) is 10.9 Å². The van der Waals surface area contributed by atoms with E-state index in [9.17, 15) is 0 Å². The van der Waals surface area contributed by atoms with E-state index < -0.39 is 0 Å². The van der Waals surface area contributed by atoms with Crippen LogP contribution in [0, 0.1) is 20.8 Å². The molecule has 1 nitrogen and oxygen atoms in total. The number of hydrogen-bond acceptors (Lipinski definition) is 1. The normalized spacial score (nSPS) is 10.1. The Morgan fingerprint density at radius 2 is 1.80 bits per heavy atom. The average molecular weight is 242 g/mol. The maximum atomic E-state index is 6.26. The second-order valence-electron chi connectivity index (χ2n) is 3.66. The van der Waals surface area contributed by atoms with Crippen LogP contribution in [0.15, 0.2) is 18.2 Å². The predicted molar refractivity (Wildman–Crippen MR) is 68.2 cm³/mol. The summed E-state index contributed by atoms with van der Waals surface area (Å²) in [6, 6.07) is 6.15. The van der Waals surface area contributed by atoms with Crippen LogP contribution in [0.3, 0.4) is 0 Å². The third-order valence-corrected chi connectivity index (χ3v) is 3.04. The first-order valence-electron chi connectivity index (χ1n) is 4.62. The number of benzene rings is 1. The van der Waals surface area contributed by atoms with Crippen molar-refractivity contribution in [3.63, 3.8) is 0 Å². The van der Waals surface area contributed by atoms with Gasteiger partial charge in [-0.2, -0.15) is 0 Å². The van der Waals surface area contributed by atoms with E-state index in [-0.39, 0.29) is 12.4 Å². The molecule has 0 spiro atoms. The van der Waals surface area contributed by atoms with Crippen LogP contribution in [-0.4, -0.2) is 4.98 Å². The van der Waals surface area contributed by atoms with Gasteiger partial charge in [-0.1, -0.05) is 23.2 Å². The molecule has 0 fully saturated rings. The molecule has 1 aromatic heterocycles. The molecule has 0 unspecified atom stereocenters. The average Bonchev–Trinajstić information content (AvgIpc) is 2.16. The predicted octanol–water partition coefficient (Wildman–Crippen LogP) is 4.24. The molecule has 0 aliphatic heterocycles. The number of hydrogen-bond donors (Lipinski definition) is 0. The fourth-order valence-electron chi connectivity index (χ4n) is 1.55. The Kier molecular flexibility index (Phi) is 3.58. The highest BCUT2D eigenvalue weighted by Crippen LogP contribution is 2.27. The van der Waals surface area contributed by atoms with Gasteiger partial charge in [-0.25, -0.2) is 0 Å². The summed E-state index contributed by atoms with van der Waals surface area (Å²) in [5, 5.41) is 1.88. The molecule has 0 radical (unpaired) electrons. The van der Waals surface area contributed by atoms with E-state index >= 15 is 0 Å². The standard InChI is InChI=1S/C12H12ClN.ClH/c1-7-4-5-11-10(6-7)12(13)8(2)9(3)14-11;/h4-6H,1-3H3;1H. The van der Waals surface area contributed by atoms with E-state index in [0.717, 1.165) is 27.2 Å². The molecule has 0 bridgehead atoms. The van der Waals surface area contributed by atoms with Crippen LogP contribution >= 0.6 is 24.0 Å². The number of pyridine rings is 1. The lowest BCUT2D eigenvalue weighted by atomic mass is 10.1. The summed E-state index contributed by atoms with van der Waals surface area (Å²) in [6.07, 6.45) is 0. The highest BCUT2D eigenvalue weighted by atomic mass is 35.5. The van der Waals surface area contributed by atoms with Crippen LogP contribution < -0.4 is 0 Å². The minimum Gasteiger partial charge on any atom is -0.253 e. The SMILES string of the molecule is Cc1ccc2nc(C)c(C)c(Cl)c2c1.Cl. The molecule has 1 heterocycles. The van der Waals surface area contributed by atoms with Crippen LogP contribution in [0.2, 0.25) is 5.02 Å². The molecule has 80 valence electrons. The molecule has 2 rings (SSSR count). The molecular formula is C12H13Cl2N. The minimum absolute atomic E-state index is 0. The molecule has 15 heavy (non-hydrogen) atoms. The lowest BCUT2D eigenvalue weighted by Crippen LogP contribution is -1.90. The summed E-state index contributed by atoms with van der Waals surface area (Å²) >= 11 is 6.26. The maximum Gasteiger partial charge on any atom is 0.0720 e. The van der Waals surface area contributed by atoms with Crippen molar-refractivity contribution in [2.24, 2.45) is 0 Å². The molecule has 3 heteroatoms. The summed E-state index contributed by atoms with van der Waals surface area (Å²) in [6.45, 7) is 6.05. The molecule has 2 aromatic rings. The van der Waals surface area contributed by atoms with E-state index in [1.165, 1.54) is 5.56 Å². The fraction of sp³-hybridized carbons (Fsp3) is 0.250. The molecule has 0 N–H and O–H groups in total. The zero-order valence-corrected chi connectivity index (χ0v) is 10.5. The molecule has 0 atom stereocenters. The van der Waals surface area contributed by atoms with Crippen molar-refractivity contribution in [2.75, 3.05) is 0 Å². The van der Waals surface area contributed by atoms with Gasteiger partial charge in [0.25, 0.3) is 0 Å². The van der Waals surface area contributed by atoms with Crippen molar-refractivity contribution in [1.29, 1.82) is 0 Å². The Balaban J connectivity index is 0.00000112. The highest BCUT2D eigenvalue weighted by molar-refractivity contribution is 6.36. The van der Waals surface area contributed by atoms with Crippen LogP contribution in [-0.2, 0) is 0 Å². The van der Waals surface area contributed by atoms with Gasteiger partial charge in [0.2, 0.25) is 0 Å². The van der Waals surface area contributed by atoms with Gasteiger partial charge >= 0.3 is 0 Å². The van der Waals surface area contributed by atoms with E-state index in [1.54, 1.807) is 0 Å². The Morgan fingerprint density at radius 1 is 1.13 bits per heavy atom. The summed E-state index contributed by atoms with van der Waals surface area (Å²) in [7, 11) is 0. The molecule has 0 aliphatic carbocycles. The highest BCUT2D eigenvalue weighted by Gasteiger charge is 2.06. The quantitative estimate of drug-likeness (QED) is 0.673. The van der Waals surface area contributed by atoms with Crippen molar-refractivity contribution in [1.82, 2.24) is 4.98 Å². The number of aromatic nitrogens is 1. The number of halogens is 2. The van der Waals surface area contributed by atoms with E-state index in [4.69, 9.17) is 11.6 Å². The number of rotatable bonds is 0. The van der Waals surface area contributed by atoms with E-state index in [0.29, 0.717) is 0 Å². The van der Waals surface area contributed by atoms with Gasteiger partial charge in [-0.05, 0) is 38.5 Å². The molecule has 0 amide bonds. The Labute approximate surface area is 101 Å². The first kappa shape index (κ1) is 12.3. The van der Waals surface area contributed by atoms with Crippen molar-refractivity contribution < 1.29 is 0 Å². The summed E-state index contributed by atoms with van der Waals surface area (Å²) in [5.41, 5.74) is 4.27. The Morgan fingerprint density at radius 3 is 2.47 bits per heavy atom. The number of aryl methyl sites for hydroxylation is 2. The first-order valence-corrected chi connectivity index (χ1v) is 5.00. The second kappa shape index (κ2) is 4.38. The first-order chi connectivity index (χ1) is 6.59. The second-order valence-corrected chi connectivity index (χ2v) is 4.03. The molecular weight excluding hydrogens is 229 g/mol. The number of fused-ring (bicyclic) bond motifs is 1. The number of nitrogens with zero attached hydrogens (tertiary/aromatic N) is 1. The lowest BCUT2D eigenvalue weighted by Gasteiger charge is -2.07. The maximum absolute atomic E-state index is 6.26. The van der Waals surface area contributed by atoms with Crippen molar-refractivity contribution in [3.05, 3.63) is 40.0 Å². The lowest BCUT2D eigenvalue weighted by molar-refractivity contribution is 1.19. The smallest absolute Gasteiger partial charge is 0.0720 e. The topological polar surface area (TPSA) is 12.9 Å². The summed E-state index contributed by atoms with van der Waals surface area (Å²) in [4.78, 5) is 4.49.